The maximum atomic E-state index is 13.0. The average molecular weight is 250 g/mol. The van der Waals surface area contributed by atoms with Crippen molar-refractivity contribution < 1.29 is 9.18 Å². The lowest BCUT2D eigenvalue weighted by Crippen LogP contribution is -2.48. The molecule has 1 aliphatic rings. The van der Waals surface area contributed by atoms with Crippen molar-refractivity contribution in [1.29, 1.82) is 0 Å². The molecule has 1 saturated heterocycles. The van der Waals surface area contributed by atoms with Gasteiger partial charge in [-0.05, 0) is 19.1 Å². The number of nitrogens with one attached hydrogen (secondary N) is 1. The summed E-state index contributed by atoms with van der Waals surface area (Å²) in [6.07, 6.45) is 0.448. The molecule has 1 aliphatic heterocycles. The Morgan fingerprint density at radius 1 is 1.44 bits per heavy atom. The van der Waals surface area contributed by atoms with Crippen LogP contribution in [-0.2, 0) is 0 Å². The fourth-order valence-electron chi connectivity index (χ4n) is 2.30. The van der Waals surface area contributed by atoms with Gasteiger partial charge in [-0.2, -0.15) is 0 Å². The highest BCUT2D eigenvalue weighted by molar-refractivity contribution is 5.96. The number of carbonyl (C=O) groups excluding carboxylic acids is 1. The fourth-order valence-corrected chi connectivity index (χ4v) is 2.30. The van der Waals surface area contributed by atoms with E-state index in [4.69, 9.17) is 0 Å². The van der Waals surface area contributed by atoms with E-state index >= 15 is 0 Å². The van der Waals surface area contributed by atoms with Crippen LogP contribution in [0.15, 0.2) is 24.3 Å². The second-order valence-corrected chi connectivity index (χ2v) is 4.77. The van der Waals surface area contributed by atoms with Crippen molar-refractivity contribution in [3.63, 3.8) is 0 Å². The molecular weight excluding hydrogens is 231 g/mol. The summed E-state index contributed by atoms with van der Waals surface area (Å²) in [5.74, 6) is -0.337. The molecule has 0 radical (unpaired) electrons. The third-order valence-corrected chi connectivity index (χ3v) is 3.40. The molecule has 0 bridgehead atoms. The number of carbonyl (C=O) groups is 1. The first-order chi connectivity index (χ1) is 8.66. The number of rotatable bonds is 4. The van der Waals surface area contributed by atoms with Gasteiger partial charge in [-0.3, -0.25) is 9.69 Å². The van der Waals surface area contributed by atoms with Crippen molar-refractivity contribution in [1.82, 2.24) is 10.2 Å². The zero-order valence-corrected chi connectivity index (χ0v) is 10.7. The third-order valence-electron chi connectivity index (χ3n) is 3.40. The molecule has 18 heavy (non-hydrogen) atoms. The van der Waals surface area contributed by atoms with Crippen LogP contribution < -0.4 is 5.32 Å². The van der Waals surface area contributed by atoms with Crippen LogP contribution >= 0.6 is 0 Å². The van der Waals surface area contributed by atoms with Crippen LogP contribution in [0.5, 0.6) is 0 Å². The maximum absolute atomic E-state index is 13.0. The van der Waals surface area contributed by atoms with Gasteiger partial charge in [-0.15, -0.1) is 0 Å². The van der Waals surface area contributed by atoms with Gasteiger partial charge in [0, 0.05) is 44.2 Å². The Morgan fingerprint density at radius 2 is 2.17 bits per heavy atom. The van der Waals surface area contributed by atoms with Crippen LogP contribution in [0.2, 0.25) is 0 Å². The van der Waals surface area contributed by atoms with Crippen molar-refractivity contribution in [3.8, 4) is 0 Å². The van der Waals surface area contributed by atoms with Gasteiger partial charge in [-0.25, -0.2) is 4.39 Å². The number of Topliss-reactive ketones (excluding diaryl/α,β-unsaturated/α-hetero) is 1. The monoisotopic (exact) mass is 250 g/mol. The molecule has 1 aromatic rings. The predicted molar refractivity (Wildman–Crippen MR) is 69.3 cm³/mol. The second kappa shape index (κ2) is 6.07. The van der Waals surface area contributed by atoms with Crippen LogP contribution in [0.1, 0.15) is 23.7 Å². The van der Waals surface area contributed by atoms with Crippen LogP contribution in [0.25, 0.3) is 0 Å². The van der Waals surface area contributed by atoms with E-state index in [1.165, 1.54) is 12.1 Å². The quantitative estimate of drug-likeness (QED) is 0.825. The van der Waals surface area contributed by atoms with E-state index in [2.05, 4.69) is 17.1 Å². The fraction of sp³-hybridized carbons (Fsp3) is 0.500. The molecule has 0 saturated carbocycles. The molecule has 3 nitrogen and oxygen atoms in total. The number of nitrogens with zero attached hydrogens (tertiary/aromatic N) is 1. The minimum absolute atomic E-state index is 0.0144. The SMILES string of the molecule is CC(CC(=O)c1cccc(F)c1)N1CCNCC1. The molecule has 0 spiro atoms. The summed E-state index contributed by atoms with van der Waals surface area (Å²) in [5.41, 5.74) is 0.469. The topological polar surface area (TPSA) is 32.3 Å². The van der Waals surface area contributed by atoms with E-state index < -0.39 is 0 Å². The first-order valence-electron chi connectivity index (χ1n) is 6.40. The van der Waals surface area contributed by atoms with Crippen molar-refractivity contribution >= 4 is 5.78 Å². The summed E-state index contributed by atoms with van der Waals surface area (Å²) in [6, 6.07) is 6.14. The summed E-state index contributed by atoms with van der Waals surface area (Å²) in [5, 5.41) is 3.29. The number of ketones is 1. The zero-order valence-electron chi connectivity index (χ0n) is 10.7. The maximum Gasteiger partial charge on any atom is 0.164 e. The summed E-state index contributed by atoms with van der Waals surface area (Å²) in [4.78, 5) is 14.3. The number of hydrogen-bond acceptors (Lipinski definition) is 3. The molecule has 2 rings (SSSR count). The lowest BCUT2D eigenvalue weighted by atomic mass is 10.0. The third kappa shape index (κ3) is 3.37. The Kier molecular flexibility index (Phi) is 4.44. The van der Waals surface area contributed by atoms with E-state index in [0.717, 1.165) is 26.2 Å². The average Bonchev–Trinajstić information content (AvgIpc) is 2.39. The van der Waals surface area contributed by atoms with Crippen LogP contribution in [-0.4, -0.2) is 42.9 Å². The summed E-state index contributed by atoms with van der Waals surface area (Å²) < 4.78 is 13.0. The van der Waals surface area contributed by atoms with E-state index in [0.29, 0.717) is 12.0 Å². The van der Waals surface area contributed by atoms with Crippen molar-refractivity contribution in [2.24, 2.45) is 0 Å². The highest BCUT2D eigenvalue weighted by Crippen LogP contribution is 2.12. The van der Waals surface area contributed by atoms with E-state index in [-0.39, 0.29) is 17.6 Å². The van der Waals surface area contributed by atoms with Gasteiger partial charge in [0.1, 0.15) is 5.82 Å². The lowest BCUT2D eigenvalue weighted by molar-refractivity contribution is 0.0917. The van der Waals surface area contributed by atoms with Gasteiger partial charge in [0.25, 0.3) is 0 Å². The lowest BCUT2D eigenvalue weighted by Gasteiger charge is -2.32. The number of piperazine rings is 1. The Hall–Kier alpha value is -1.26. The van der Waals surface area contributed by atoms with Crippen molar-refractivity contribution in [3.05, 3.63) is 35.6 Å². The van der Waals surface area contributed by atoms with Crippen molar-refractivity contribution in [2.75, 3.05) is 26.2 Å². The second-order valence-electron chi connectivity index (χ2n) is 4.77. The first kappa shape index (κ1) is 13.2. The molecule has 4 heteroatoms. The molecular formula is C14H19FN2O. The smallest absolute Gasteiger partial charge is 0.164 e. The molecule has 0 amide bonds. The molecule has 98 valence electrons. The zero-order chi connectivity index (χ0) is 13.0. The summed E-state index contributed by atoms with van der Waals surface area (Å²) in [6.45, 7) is 5.94. The number of halogens is 1. The van der Waals surface area contributed by atoms with E-state index in [1.54, 1.807) is 12.1 Å². The van der Waals surface area contributed by atoms with Crippen LogP contribution in [0, 0.1) is 5.82 Å². The highest BCUT2D eigenvalue weighted by Gasteiger charge is 2.19. The predicted octanol–water partition coefficient (Wildman–Crippen LogP) is 1.69. The highest BCUT2D eigenvalue weighted by atomic mass is 19.1. The van der Waals surface area contributed by atoms with Crippen LogP contribution in [0.4, 0.5) is 4.39 Å². The Morgan fingerprint density at radius 3 is 2.83 bits per heavy atom. The van der Waals surface area contributed by atoms with Gasteiger partial charge < -0.3 is 5.32 Å². The van der Waals surface area contributed by atoms with E-state index in [1.807, 2.05) is 0 Å². The summed E-state index contributed by atoms with van der Waals surface area (Å²) >= 11 is 0. The Balaban J connectivity index is 1.94. The van der Waals surface area contributed by atoms with Gasteiger partial charge >= 0.3 is 0 Å². The molecule has 1 unspecified atom stereocenters. The largest absolute Gasteiger partial charge is 0.314 e. The number of benzene rings is 1. The summed E-state index contributed by atoms with van der Waals surface area (Å²) in [7, 11) is 0. The normalized spacial score (nSPS) is 18.6. The standard InChI is InChI=1S/C14H19FN2O/c1-11(17-7-5-16-6-8-17)9-14(18)12-3-2-4-13(15)10-12/h2-4,10-11,16H,5-9H2,1H3. The molecule has 0 aliphatic carbocycles. The molecule has 0 aromatic heterocycles. The number of hydrogen-bond donors (Lipinski definition) is 1. The van der Waals surface area contributed by atoms with Gasteiger partial charge in [0.2, 0.25) is 0 Å². The molecule has 1 aromatic carbocycles. The van der Waals surface area contributed by atoms with Gasteiger partial charge in [0.15, 0.2) is 5.78 Å². The van der Waals surface area contributed by atoms with Gasteiger partial charge in [0.05, 0.1) is 0 Å². The van der Waals surface area contributed by atoms with E-state index in [9.17, 15) is 9.18 Å². The first-order valence-corrected chi connectivity index (χ1v) is 6.40. The van der Waals surface area contributed by atoms with Crippen molar-refractivity contribution in [2.45, 2.75) is 19.4 Å². The molecule has 1 atom stereocenters. The molecule has 1 N–H and O–H groups in total. The Bertz CT molecular complexity index is 416. The minimum Gasteiger partial charge on any atom is -0.314 e. The minimum atomic E-state index is -0.351. The molecule has 1 fully saturated rings. The van der Waals surface area contributed by atoms with Crippen LogP contribution in [0.3, 0.4) is 0 Å². The Labute approximate surface area is 107 Å². The van der Waals surface area contributed by atoms with Gasteiger partial charge in [-0.1, -0.05) is 12.1 Å². The molecule has 1 heterocycles.